The van der Waals surface area contributed by atoms with Gasteiger partial charge in [-0.15, -0.1) is 0 Å². The number of aliphatic imine (C=N–C) groups is 1. The summed E-state index contributed by atoms with van der Waals surface area (Å²) < 4.78 is 76.2. The number of nitrogens with two attached hydrogens (primary N) is 1. The lowest BCUT2D eigenvalue weighted by molar-refractivity contribution is -0.0146. The first kappa shape index (κ1) is 22.5. The van der Waals surface area contributed by atoms with Gasteiger partial charge in [-0.25, -0.2) is 31.9 Å². The standard InChI is InChI=1S/C19H17F5N4O3/c20-12-2-1-10(3-11(12)19(18(23)24)9-30-8-16(25)28-19)4-14(29)13-5-27-17(6-26-13)31-7-15(21)22/h1-3,5-6,15,18H,4,7-9H2,(H2,25,28)/t19-/m0/s1. The number of rotatable bonds is 8. The Morgan fingerprint density at radius 2 is 2.00 bits per heavy atom. The molecule has 0 aliphatic carbocycles. The third-order valence-electron chi connectivity index (χ3n) is 4.41. The Bertz CT molecular complexity index is 972. The number of hydrogen-bond donors (Lipinski definition) is 1. The zero-order valence-corrected chi connectivity index (χ0v) is 15.9. The summed E-state index contributed by atoms with van der Waals surface area (Å²) >= 11 is 0. The van der Waals surface area contributed by atoms with Gasteiger partial charge in [0.15, 0.2) is 17.9 Å². The van der Waals surface area contributed by atoms with Crippen LogP contribution in [0.15, 0.2) is 35.6 Å². The van der Waals surface area contributed by atoms with Crippen LogP contribution in [0.2, 0.25) is 0 Å². The number of ether oxygens (including phenoxy) is 2. The molecule has 0 saturated carbocycles. The minimum absolute atomic E-state index is 0.109. The predicted molar refractivity (Wildman–Crippen MR) is 98.1 cm³/mol. The lowest BCUT2D eigenvalue weighted by Gasteiger charge is -2.33. The van der Waals surface area contributed by atoms with Crippen LogP contribution >= 0.6 is 0 Å². The van der Waals surface area contributed by atoms with E-state index in [-0.39, 0.29) is 36.0 Å². The zero-order chi connectivity index (χ0) is 22.6. The minimum atomic E-state index is -3.11. The van der Waals surface area contributed by atoms with Gasteiger partial charge in [0, 0.05) is 12.0 Å². The summed E-state index contributed by atoms with van der Waals surface area (Å²) in [6.45, 7) is -1.60. The molecule has 0 bridgehead atoms. The molecular formula is C19H17F5N4O3. The third-order valence-corrected chi connectivity index (χ3v) is 4.41. The van der Waals surface area contributed by atoms with Crippen molar-refractivity contribution in [2.45, 2.75) is 24.8 Å². The van der Waals surface area contributed by atoms with Gasteiger partial charge in [-0.1, -0.05) is 6.07 Å². The molecule has 2 heterocycles. The Labute approximate surface area is 173 Å². The third kappa shape index (κ3) is 5.13. The smallest absolute Gasteiger partial charge is 0.272 e. The average molecular weight is 444 g/mol. The van der Waals surface area contributed by atoms with Crippen LogP contribution in [0, 0.1) is 5.82 Å². The second-order valence-electron chi connectivity index (χ2n) is 6.68. The maximum Gasteiger partial charge on any atom is 0.272 e. The van der Waals surface area contributed by atoms with Crippen LogP contribution in [0.1, 0.15) is 21.6 Å². The quantitative estimate of drug-likeness (QED) is 0.496. The number of Topliss-reactive ketones (excluding diaryl/α,β-unsaturated/α-hetero) is 1. The molecule has 1 aromatic carbocycles. The van der Waals surface area contributed by atoms with Crippen molar-refractivity contribution in [1.82, 2.24) is 9.97 Å². The van der Waals surface area contributed by atoms with Crippen molar-refractivity contribution in [2.75, 3.05) is 19.8 Å². The molecule has 0 radical (unpaired) electrons. The Hall–Kier alpha value is -3.15. The monoisotopic (exact) mass is 444 g/mol. The van der Waals surface area contributed by atoms with Gasteiger partial charge in [-0.3, -0.25) is 9.79 Å². The van der Waals surface area contributed by atoms with Crippen molar-refractivity contribution < 1.29 is 36.2 Å². The van der Waals surface area contributed by atoms with Gasteiger partial charge in [-0.2, -0.15) is 0 Å². The van der Waals surface area contributed by atoms with E-state index < -0.39 is 48.8 Å². The summed E-state index contributed by atoms with van der Waals surface area (Å²) in [5, 5.41) is 0. The van der Waals surface area contributed by atoms with E-state index in [1.165, 1.54) is 6.07 Å². The summed E-state index contributed by atoms with van der Waals surface area (Å²) in [6, 6.07) is 3.33. The SMILES string of the molecule is NC1=N[C@@](c2cc(CC(=O)c3cnc(OCC(F)F)cn3)ccc2F)(C(F)F)COC1. The minimum Gasteiger partial charge on any atom is -0.470 e. The van der Waals surface area contributed by atoms with Crippen molar-refractivity contribution in [1.29, 1.82) is 0 Å². The second kappa shape index (κ2) is 9.33. The average Bonchev–Trinajstić information content (AvgIpc) is 2.73. The summed E-state index contributed by atoms with van der Waals surface area (Å²) in [5.74, 6) is -1.89. The van der Waals surface area contributed by atoms with Crippen LogP contribution in [-0.2, 0) is 16.7 Å². The highest BCUT2D eigenvalue weighted by Crippen LogP contribution is 2.37. The number of carbonyl (C=O) groups is 1. The van der Waals surface area contributed by atoms with E-state index in [9.17, 15) is 26.7 Å². The molecule has 7 nitrogen and oxygen atoms in total. The highest BCUT2D eigenvalue weighted by Gasteiger charge is 2.46. The number of nitrogens with zero attached hydrogens (tertiary/aromatic N) is 3. The van der Waals surface area contributed by atoms with Gasteiger partial charge >= 0.3 is 0 Å². The van der Waals surface area contributed by atoms with Crippen molar-refractivity contribution in [3.8, 4) is 5.88 Å². The first-order valence-corrected chi connectivity index (χ1v) is 8.96. The molecule has 1 aromatic heterocycles. The van der Waals surface area contributed by atoms with Crippen LogP contribution in [0.3, 0.4) is 0 Å². The molecule has 31 heavy (non-hydrogen) atoms. The van der Waals surface area contributed by atoms with E-state index in [0.29, 0.717) is 0 Å². The maximum atomic E-state index is 14.4. The van der Waals surface area contributed by atoms with Crippen molar-refractivity contribution >= 4 is 11.6 Å². The van der Waals surface area contributed by atoms with Crippen LogP contribution in [0.4, 0.5) is 22.0 Å². The summed E-state index contributed by atoms with van der Waals surface area (Å²) in [4.78, 5) is 23.7. The lowest BCUT2D eigenvalue weighted by Crippen LogP contribution is -2.45. The molecule has 0 unspecified atom stereocenters. The zero-order valence-electron chi connectivity index (χ0n) is 15.9. The summed E-state index contributed by atoms with van der Waals surface area (Å²) in [5.41, 5.74) is 2.87. The highest BCUT2D eigenvalue weighted by atomic mass is 19.3. The van der Waals surface area contributed by atoms with Crippen molar-refractivity contribution in [3.05, 3.63) is 53.2 Å². The van der Waals surface area contributed by atoms with Crippen molar-refractivity contribution in [2.24, 2.45) is 10.7 Å². The van der Waals surface area contributed by atoms with Gasteiger partial charge < -0.3 is 15.2 Å². The molecule has 2 aromatic rings. The first-order chi connectivity index (χ1) is 14.7. The van der Waals surface area contributed by atoms with E-state index in [1.807, 2.05) is 0 Å². The number of hydrogen-bond acceptors (Lipinski definition) is 7. The molecule has 0 saturated heterocycles. The number of aromatic nitrogens is 2. The maximum absolute atomic E-state index is 14.4. The molecule has 1 atom stereocenters. The van der Waals surface area contributed by atoms with Gasteiger partial charge in [0.25, 0.3) is 12.9 Å². The molecular weight excluding hydrogens is 427 g/mol. The molecule has 0 amide bonds. The molecule has 166 valence electrons. The van der Waals surface area contributed by atoms with Crippen LogP contribution in [-0.4, -0.2) is 54.3 Å². The van der Waals surface area contributed by atoms with E-state index in [4.69, 9.17) is 10.5 Å². The number of amidine groups is 1. The van der Waals surface area contributed by atoms with Gasteiger partial charge in [0.1, 0.15) is 24.0 Å². The normalized spacial score (nSPS) is 18.9. The van der Waals surface area contributed by atoms with Gasteiger partial charge in [-0.05, 0) is 17.7 Å². The molecule has 12 heteroatoms. The van der Waals surface area contributed by atoms with E-state index in [2.05, 4.69) is 19.7 Å². The number of benzene rings is 1. The number of ketones is 1. The fourth-order valence-corrected chi connectivity index (χ4v) is 2.97. The highest BCUT2D eigenvalue weighted by molar-refractivity contribution is 5.95. The fourth-order valence-electron chi connectivity index (χ4n) is 2.97. The Balaban J connectivity index is 1.82. The molecule has 1 aliphatic rings. The van der Waals surface area contributed by atoms with E-state index >= 15 is 0 Å². The number of carbonyl (C=O) groups excluding carboxylic acids is 1. The Morgan fingerprint density at radius 3 is 2.61 bits per heavy atom. The van der Waals surface area contributed by atoms with Crippen molar-refractivity contribution in [3.63, 3.8) is 0 Å². The van der Waals surface area contributed by atoms with E-state index in [1.54, 1.807) is 0 Å². The first-order valence-electron chi connectivity index (χ1n) is 8.96. The van der Waals surface area contributed by atoms with Crippen LogP contribution in [0.5, 0.6) is 5.88 Å². The Kier molecular flexibility index (Phi) is 6.78. The Morgan fingerprint density at radius 1 is 1.23 bits per heavy atom. The molecule has 0 fully saturated rings. The molecule has 2 N–H and O–H groups in total. The molecule has 1 aliphatic heterocycles. The van der Waals surface area contributed by atoms with Gasteiger partial charge in [0.2, 0.25) is 5.88 Å². The second-order valence-corrected chi connectivity index (χ2v) is 6.68. The van der Waals surface area contributed by atoms with Crippen LogP contribution < -0.4 is 10.5 Å². The van der Waals surface area contributed by atoms with Gasteiger partial charge in [0.05, 0.1) is 19.0 Å². The number of halogens is 5. The lowest BCUT2D eigenvalue weighted by atomic mass is 9.88. The summed E-state index contributed by atoms with van der Waals surface area (Å²) in [7, 11) is 0. The largest absolute Gasteiger partial charge is 0.470 e. The molecule has 0 spiro atoms. The topological polar surface area (TPSA) is 99.7 Å². The number of alkyl halides is 4. The summed E-state index contributed by atoms with van der Waals surface area (Å²) in [6.07, 6.45) is -4.07. The van der Waals surface area contributed by atoms with Crippen LogP contribution in [0.25, 0.3) is 0 Å². The molecule has 3 rings (SSSR count). The fraction of sp³-hybridized carbons (Fsp3) is 0.368. The predicted octanol–water partition coefficient (Wildman–Crippen LogP) is 2.53. The van der Waals surface area contributed by atoms with E-state index in [0.717, 1.165) is 24.5 Å².